The zero-order valence-electron chi connectivity index (χ0n) is 12.3. The van der Waals surface area contributed by atoms with Crippen LogP contribution in [0.1, 0.15) is 11.6 Å². The third-order valence-corrected chi connectivity index (χ3v) is 5.46. The van der Waals surface area contributed by atoms with Crippen molar-refractivity contribution in [2.45, 2.75) is 12.1 Å². The number of hydrogen-bond donors (Lipinski definition) is 1. The Balaban J connectivity index is 1.69. The number of likely N-dealkylation sites (N-methyl/N-ethyl adjacent to an activating group) is 1. The molecule has 20 heavy (non-hydrogen) atoms. The van der Waals surface area contributed by atoms with Crippen LogP contribution in [0.2, 0.25) is 0 Å². The summed E-state index contributed by atoms with van der Waals surface area (Å²) in [7, 11) is 2.24. The van der Waals surface area contributed by atoms with E-state index in [2.05, 4.69) is 64.3 Å². The Hall–Kier alpha value is -0.550. The van der Waals surface area contributed by atoms with E-state index >= 15 is 0 Å². The van der Waals surface area contributed by atoms with E-state index in [0.29, 0.717) is 12.1 Å². The molecule has 2 aliphatic heterocycles. The summed E-state index contributed by atoms with van der Waals surface area (Å²) in [5, 5.41) is 3.67. The Morgan fingerprint density at radius 1 is 1.25 bits per heavy atom. The molecule has 2 aliphatic rings. The Labute approximate surface area is 126 Å². The molecule has 0 aliphatic carbocycles. The first-order valence-electron chi connectivity index (χ1n) is 7.61. The van der Waals surface area contributed by atoms with E-state index in [-0.39, 0.29) is 0 Å². The zero-order valence-corrected chi connectivity index (χ0v) is 13.1. The first-order valence-corrected chi connectivity index (χ1v) is 8.77. The third-order valence-electron chi connectivity index (χ3n) is 4.33. The average Bonchev–Trinajstić information content (AvgIpc) is 2.51. The van der Waals surface area contributed by atoms with Gasteiger partial charge >= 0.3 is 0 Å². The van der Waals surface area contributed by atoms with Crippen LogP contribution in [0.25, 0.3) is 0 Å². The van der Waals surface area contributed by atoms with Gasteiger partial charge in [0.1, 0.15) is 0 Å². The first-order chi connectivity index (χ1) is 9.83. The van der Waals surface area contributed by atoms with Gasteiger partial charge in [0.15, 0.2) is 0 Å². The lowest BCUT2D eigenvalue weighted by Gasteiger charge is -2.42. The SMILES string of the molecule is CN1CCN(CC2CSCCN2)C(c2ccccc2)C1. The summed E-state index contributed by atoms with van der Waals surface area (Å²) in [6.07, 6.45) is 0. The van der Waals surface area contributed by atoms with Gasteiger partial charge < -0.3 is 10.2 Å². The number of piperazine rings is 1. The highest BCUT2D eigenvalue weighted by Crippen LogP contribution is 2.25. The average molecular weight is 291 g/mol. The summed E-state index contributed by atoms with van der Waals surface area (Å²) in [4.78, 5) is 5.14. The molecule has 0 amide bonds. The highest BCUT2D eigenvalue weighted by molar-refractivity contribution is 7.99. The van der Waals surface area contributed by atoms with Crippen LogP contribution in [0.4, 0.5) is 0 Å². The van der Waals surface area contributed by atoms with Gasteiger partial charge in [-0.15, -0.1) is 0 Å². The molecule has 0 bridgehead atoms. The van der Waals surface area contributed by atoms with Crippen molar-refractivity contribution in [2.24, 2.45) is 0 Å². The molecule has 1 N–H and O–H groups in total. The Morgan fingerprint density at radius 3 is 2.85 bits per heavy atom. The molecule has 3 rings (SSSR count). The van der Waals surface area contributed by atoms with Crippen molar-refractivity contribution < 1.29 is 0 Å². The molecule has 0 saturated carbocycles. The molecular weight excluding hydrogens is 266 g/mol. The summed E-state index contributed by atoms with van der Waals surface area (Å²) in [5.41, 5.74) is 1.46. The molecule has 2 atom stereocenters. The Kier molecular flexibility index (Phi) is 4.99. The monoisotopic (exact) mass is 291 g/mol. The lowest BCUT2D eigenvalue weighted by atomic mass is 10.0. The van der Waals surface area contributed by atoms with Crippen molar-refractivity contribution in [3.8, 4) is 0 Å². The lowest BCUT2D eigenvalue weighted by molar-refractivity contribution is 0.0826. The van der Waals surface area contributed by atoms with E-state index in [0.717, 1.165) is 6.54 Å². The maximum Gasteiger partial charge on any atom is 0.0476 e. The van der Waals surface area contributed by atoms with Crippen LogP contribution in [-0.2, 0) is 0 Å². The van der Waals surface area contributed by atoms with Crippen molar-refractivity contribution in [2.75, 3.05) is 51.3 Å². The standard InChI is InChI=1S/C16H25N3S/c1-18-8-9-19(11-15-13-20-10-7-17-15)16(12-18)14-5-3-2-4-6-14/h2-6,15-17H,7-13H2,1H3. The molecule has 2 saturated heterocycles. The van der Waals surface area contributed by atoms with E-state index in [1.165, 1.54) is 43.2 Å². The van der Waals surface area contributed by atoms with Gasteiger partial charge in [0.2, 0.25) is 0 Å². The van der Waals surface area contributed by atoms with Gasteiger partial charge in [0.25, 0.3) is 0 Å². The van der Waals surface area contributed by atoms with Crippen molar-refractivity contribution in [3.63, 3.8) is 0 Å². The minimum atomic E-state index is 0.545. The van der Waals surface area contributed by atoms with Gasteiger partial charge in [-0.2, -0.15) is 11.8 Å². The summed E-state index contributed by atoms with van der Waals surface area (Å²) >= 11 is 2.09. The molecule has 1 aromatic rings. The third kappa shape index (κ3) is 3.55. The summed E-state index contributed by atoms with van der Waals surface area (Å²) < 4.78 is 0. The zero-order chi connectivity index (χ0) is 13.8. The molecule has 0 aromatic heterocycles. The van der Waals surface area contributed by atoms with Crippen molar-refractivity contribution in [1.82, 2.24) is 15.1 Å². The van der Waals surface area contributed by atoms with Crippen LogP contribution >= 0.6 is 11.8 Å². The molecular formula is C16H25N3S. The molecule has 2 heterocycles. The fourth-order valence-electron chi connectivity index (χ4n) is 3.19. The summed E-state index contributed by atoms with van der Waals surface area (Å²) in [6.45, 7) is 5.85. The van der Waals surface area contributed by atoms with Crippen LogP contribution in [0.15, 0.2) is 30.3 Å². The van der Waals surface area contributed by atoms with E-state index < -0.39 is 0 Å². The fourth-order valence-corrected chi connectivity index (χ4v) is 4.12. The fraction of sp³-hybridized carbons (Fsp3) is 0.625. The number of rotatable bonds is 3. The quantitative estimate of drug-likeness (QED) is 0.913. The molecule has 110 valence electrons. The van der Waals surface area contributed by atoms with Gasteiger partial charge in [-0.3, -0.25) is 4.90 Å². The molecule has 2 fully saturated rings. The number of hydrogen-bond acceptors (Lipinski definition) is 4. The smallest absolute Gasteiger partial charge is 0.0476 e. The van der Waals surface area contributed by atoms with E-state index in [1.807, 2.05) is 0 Å². The number of benzene rings is 1. The highest BCUT2D eigenvalue weighted by atomic mass is 32.2. The van der Waals surface area contributed by atoms with Crippen molar-refractivity contribution in [3.05, 3.63) is 35.9 Å². The first kappa shape index (κ1) is 14.4. The molecule has 2 unspecified atom stereocenters. The van der Waals surface area contributed by atoms with Gasteiger partial charge in [0, 0.05) is 56.3 Å². The predicted octanol–water partition coefficient (Wildman–Crippen LogP) is 1.68. The van der Waals surface area contributed by atoms with Gasteiger partial charge in [-0.25, -0.2) is 0 Å². The molecule has 0 radical (unpaired) electrons. The van der Waals surface area contributed by atoms with E-state index in [4.69, 9.17) is 0 Å². The van der Waals surface area contributed by atoms with Crippen LogP contribution < -0.4 is 5.32 Å². The second kappa shape index (κ2) is 6.94. The second-order valence-electron chi connectivity index (χ2n) is 5.91. The molecule has 1 aromatic carbocycles. The topological polar surface area (TPSA) is 18.5 Å². The van der Waals surface area contributed by atoms with Crippen LogP contribution in [-0.4, -0.2) is 67.1 Å². The highest BCUT2D eigenvalue weighted by Gasteiger charge is 2.28. The molecule has 4 heteroatoms. The van der Waals surface area contributed by atoms with Crippen LogP contribution in [0.5, 0.6) is 0 Å². The number of thioether (sulfide) groups is 1. The summed E-state index contributed by atoms with van der Waals surface area (Å²) in [6, 6.07) is 12.2. The minimum absolute atomic E-state index is 0.545. The van der Waals surface area contributed by atoms with Crippen LogP contribution in [0, 0.1) is 0 Å². The van der Waals surface area contributed by atoms with Gasteiger partial charge in [-0.1, -0.05) is 30.3 Å². The second-order valence-corrected chi connectivity index (χ2v) is 7.06. The predicted molar refractivity (Wildman–Crippen MR) is 87.4 cm³/mol. The van der Waals surface area contributed by atoms with Crippen molar-refractivity contribution >= 4 is 11.8 Å². The normalized spacial score (nSPS) is 29.4. The van der Waals surface area contributed by atoms with Crippen LogP contribution in [0.3, 0.4) is 0 Å². The van der Waals surface area contributed by atoms with Gasteiger partial charge in [0.05, 0.1) is 0 Å². The maximum absolute atomic E-state index is 3.67. The van der Waals surface area contributed by atoms with E-state index in [1.54, 1.807) is 0 Å². The molecule has 0 spiro atoms. The summed E-state index contributed by atoms with van der Waals surface area (Å²) in [5.74, 6) is 2.52. The van der Waals surface area contributed by atoms with E-state index in [9.17, 15) is 0 Å². The maximum atomic E-state index is 3.67. The van der Waals surface area contributed by atoms with Gasteiger partial charge in [-0.05, 0) is 12.6 Å². The number of nitrogens with one attached hydrogen (secondary N) is 1. The van der Waals surface area contributed by atoms with Crippen molar-refractivity contribution in [1.29, 1.82) is 0 Å². The number of nitrogens with zero attached hydrogens (tertiary/aromatic N) is 2. The minimum Gasteiger partial charge on any atom is -0.311 e. The largest absolute Gasteiger partial charge is 0.311 e. The Morgan fingerprint density at radius 2 is 2.10 bits per heavy atom. The lowest BCUT2D eigenvalue weighted by Crippen LogP contribution is -2.53. The molecule has 3 nitrogen and oxygen atoms in total. The Bertz CT molecular complexity index is 405.